The maximum atomic E-state index is 13.2. The molecule has 2 aromatic carbocycles. The fourth-order valence-electron chi connectivity index (χ4n) is 3.79. The molecule has 1 heterocycles. The van der Waals surface area contributed by atoms with Crippen LogP contribution in [0.25, 0.3) is 11.0 Å². The molecule has 0 saturated carbocycles. The summed E-state index contributed by atoms with van der Waals surface area (Å²) in [6, 6.07) is 10.00. The van der Waals surface area contributed by atoms with Crippen molar-refractivity contribution in [2.75, 3.05) is 37.7 Å². The van der Waals surface area contributed by atoms with Crippen molar-refractivity contribution in [2.45, 2.75) is 39.7 Å². The lowest BCUT2D eigenvalue weighted by atomic mass is 10.1. The molecule has 0 aliphatic rings. The van der Waals surface area contributed by atoms with Gasteiger partial charge in [0.25, 0.3) is 5.91 Å². The van der Waals surface area contributed by atoms with Crippen molar-refractivity contribution in [3.63, 3.8) is 0 Å². The second-order valence-electron chi connectivity index (χ2n) is 9.89. The summed E-state index contributed by atoms with van der Waals surface area (Å²) in [5, 5.41) is 0. The van der Waals surface area contributed by atoms with E-state index in [1.54, 1.807) is 4.57 Å². The van der Waals surface area contributed by atoms with Crippen molar-refractivity contribution in [2.24, 2.45) is 4.99 Å². The smallest absolute Gasteiger partial charge is 0.416 e. The minimum absolute atomic E-state index is 0.112. The number of fused-ring (bicyclic) bond motifs is 1. The van der Waals surface area contributed by atoms with Gasteiger partial charge >= 0.3 is 12.1 Å². The molecule has 0 saturated heterocycles. The van der Waals surface area contributed by atoms with Crippen LogP contribution in [0.3, 0.4) is 0 Å². The molecule has 3 rings (SSSR count). The molecular weight excluding hydrogens is 519 g/mol. The van der Waals surface area contributed by atoms with Gasteiger partial charge in [-0.3, -0.25) is 14.2 Å². The van der Waals surface area contributed by atoms with Gasteiger partial charge in [-0.25, -0.2) is 10.0 Å². The Morgan fingerprint density at radius 3 is 2.39 bits per heavy atom. The molecule has 0 radical (unpaired) electrons. The summed E-state index contributed by atoms with van der Waals surface area (Å²) in [4.78, 5) is 28.7. The van der Waals surface area contributed by atoms with Crippen LogP contribution in [0.15, 0.2) is 47.5 Å². The van der Waals surface area contributed by atoms with E-state index in [2.05, 4.69) is 23.8 Å². The van der Waals surface area contributed by atoms with E-state index in [0.29, 0.717) is 19.6 Å². The number of benzene rings is 2. The summed E-state index contributed by atoms with van der Waals surface area (Å²) < 4.78 is 54.4. The first-order valence-corrected chi connectivity index (χ1v) is 15.1. The SMILES string of the molecule is CC(=O)OCCCn1/c(=N/C(=O)c2cccc(C(F)(F)F)c2)n(COCCS(C)(C)C)c2cc(C)ccc21. The van der Waals surface area contributed by atoms with Gasteiger partial charge in [-0.15, -0.1) is 0 Å². The first-order valence-electron chi connectivity index (χ1n) is 12.1. The number of hydrogen-bond acceptors (Lipinski definition) is 4. The molecule has 11 heteroatoms. The van der Waals surface area contributed by atoms with Gasteiger partial charge in [0, 0.05) is 24.8 Å². The fraction of sp³-hybridized carbons (Fsp3) is 0.444. The molecule has 0 fully saturated rings. The van der Waals surface area contributed by atoms with Gasteiger partial charge in [0.2, 0.25) is 5.62 Å². The number of aromatic nitrogens is 2. The van der Waals surface area contributed by atoms with Gasteiger partial charge < -0.3 is 14.0 Å². The van der Waals surface area contributed by atoms with Crippen molar-refractivity contribution in [1.82, 2.24) is 9.13 Å². The van der Waals surface area contributed by atoms with Crippen LogP contribution in [-0.2, 0) is 33.7 Å². The van der Waals surface area contributed by atoms with E-state index in [0.717, 1.165) is 34.5 Å². The van der Waals surface area contributed by atoms with E-state index in [9.17, 15) is 22.8 Å². The Morgan fingerprint density at radius 1 is 1.00 bits per heavy atom. The molecule has 0 spiro atoms. The number of aryl methyl sites for hydroxylation is 2. The van der Waals surface area contributed by atoms with Crippen molar-refractivity contribution in [3.8, 4) is 0 Å². The van der Waals surface area contributed by atoms with Crippen LogP contribution in [0.1, 0.15) is 34.8 Å². The zero-order valence-electron chi connectivity index (χ0n) is 22.3. The van der Waals surface area contributed by atoms with Crippen LogP contribution in [0.2, 0.25) is 0 Å². The Balaban J connectivity index is 2.10. The van der Waals surface area contributed by atoms with Gasteiger partial charge in [-0.1, -0.05) is 12.1 Å². The zero-order valence-corrected chi connectivity index (χ0v) is 23.1. The van der Waals surface area contributed by atoms with Crippen LogP contribution in [-0.4, -0.2) is 58.7 Å². The Kier molecular flexibility index (Phi) is 9.48. The second kappa shape index (κ2) is 12.2. The van der Waals surface area contributed by atoms with E-state index < -0.39 is 33.6 Å². The van der Waals surface area contributed by atoms with E-state index in [4.69, 9.17) is 9.47 Å². The van der Waals surface area contributed by atoms with Crippen LogP contribution in [0.4, 0.5) is 13.2 Å². The highest BCUT2D eigenvalue weighted by Crippen LogP contribution is 2.33. The lowest BCUT2D eigenvalue weighted by Crippen LogP contribution is -2.29. The highest BCUT2D eigenvalue weighted by molar-refractivity contribution is 8.32. The molecule has 1 aromatic heterocycles. The van der Waals surface area contributed by atoms with Crippen LogP contribution < -0.4 is 5.62 Å². The minimum Gasteiger partial charge on any atom is -0.466 e. The van der Waals surface area contributed by atoms with Gasteiger partial charge in [0.15, 0.2) is 0 Å². The molecule has 0 atom stereocenters. The number of amides is 1. The maximum absolute atomic E-state index is 13.2. The summed E-state index contributed by atoms with van der Waals surface area (Å²) in [6.45, 7) is 4.43. The average Bonchev–Trinajstić information content (AvgIpc) is 3.09. The van der Waals surface area contributed by atoms with E-state index >= 15 is 0 Å². The number of carbonyl (C=O) groups excluding carboxylic acids is 2. The Hall–Kier alpha value is -3.05. The van der Waals surface area contributed by atoms with Gasteiger partial charge in [0.05, 0.1) is 29.8 Å². The minimum atomic E-state index is -4.58. The van der Waals surface area contributed by atoms with Gasteiger partial charge in [-0.05, 0) is 68.0 Å². The number of rotatable bonds is 10. The topological polar surface area (TPSA) is 74.8 Å². The normalized spacial score (nSPS) is 13.2. The summed E-state index contributed by atoms with van der Waals surface area (Å²) in [5.41, 5.74) is 1.70. The number of carbonyl (C=O) groups is 2. The first kappa shape index (κ1) is 29.5. The molecular formula is C27H34F3N3O4S. The van der Waals surface area contributed by atoms with Crippen molar-refractivity contribution < 1.29 is 32.2 Å². The fourth-order valence-corrected chi connectivity index (χ4v) is 4.41. The zero-order chi connectivity index (χ0) is 28.1. The largest absolute Gasteiger partial charge is 0.466 e. The summed E-state index contributed by atoms with van der Waals surface area (Å²) in [6.07, 6.45) is 2.44. The Labute approximate surface area is 221 Å². The van der Waals surface area contributed by atoms with Gasteiger partial charge in [0.1, 0.15) is 6.73 Å². The van der Waals surface area contributed by atoms with Crippen molar-refractivity contribution in [1.29, 1.82) is 0 Å². The van der Waals surface area contributed by atoms with E-state index in [1.165, 1.54) is 19.1 Å². The van der Waals surface area contributed by atoms with Crippen LogP contribution >= 0.6 is 10.0 Å². The van der Waals surface area contributed by atoms with Crippen molar-refractivity contribution in [3.05, 3.63) is 64.8 Å². The number of hydrogen-bond donors (Lipinski definition) is 0. The van der Waals surface area contributed by atoms with E-state index in [1.807, 2.05) is 29.7 Å². The number of esters is 1. The number of halogens is 3. The number of nitrogens with zero attached hydrogens (tertiary/aromatic N) is 3. The third-order valence-electron chi connectivity index (χ3n) is 5.73. The molecule has 208 valence electrons. The average molecular weight is 554 g/mol. The molecule has 3 aromatic rings. The molecule has 7 nitrogen and oxygen atoms in total. The van der Waals surface area contributed by atoms with Crippen LogP contribution in [0, 0.1) is 6.92 Å². The summed E-state index contributed by atoms with van der Waals surface area (Å²) >= 11 is 0. The van der Waals surface area contributed by atoms with Crippen LogP contribution in [0.5, 0.6) is 0 Å². The molecule has 0 unspecified atom stereocenters. The van der Waals surface area contributed by atoms with Crippen molar-refractivity contribution >= 4 is 32.9 Å². The quantitative estimate of drug-likeness (QED) is 0.258. The Bertz CT molecular complexity index is 1370. The molecule has 0 aliphatic carbocycles. The first-order chi connectivity index (χ1) is 17.8. The molecule has 38 heavy (non-hydrogen) atoms. The predicted octanol–water partition coefficient (Wildman–Crippen LogP) is 5.13. The summed E-state index contributed by atoms with van der Waals surface area (Å²) in [5.74, 6) is -0.305. The second-order valence-corrected chi connectivity index (χ2v) is 14.5. The molecule has 0 N–H and O–H groups in total. The van der Waals surface area contributed by atoms with E-state index in [-0.39, 0.29) is 24.5 Å². The highest BCUT2D eigenvalue weighted by Gasteiger charge is 2.31. The maximum Gasteiger partial charge on any atom is 0.416 e. The molecule has 0 aliphatic heterocycles. The number of ether oxygens (including phenoxy) is 2. The number of imidazole rings is 1. The summed E-state index contributed by atoms with van der Waals surface area (Å²) in [7, 11) is -0.776. The highest BCUT2D eigenvalue weighted by atomic mass is 32.3. The lowest BCUT2D eigenvalue weighted by Gasteiger charge is -2.24. The molecule has 0 bridgehead atoms. The standard InChI is InChI=1S/C27H34F3N3O4S/c1-19-10-11-23-24(16-19)33(18-36-14-15-38(3,4)5)26(32(23)12-7-13-37-20(2)34)31-25(35)21-8-6-9-22(17-21)27(28,29)30/h6,8-11,16-17H,7,12-15,18H2,1-5H3/b31-26-. The number of alkyl halides is 3. The third kappa shape index (κ3) is 7.97. The monoisotopic (exact) mass is 553 g/mol. The predicted molar refractivity (Wildman–Crippen MR) is 143 cm³/mol. The van der Waals surface area contributed by atoms with Gasteiger partial charge in [-0.2, -0.15) is 18.2 Å². The lowest BCUT2D eigenvalue weighted by molar-refractivity contribution is -0.141. The Morgan fingerprint density at radius 2 is 1.74 bits per heavy atom. The third-order valence-corrected chi connectivity index (χ3v) is 7.12. The molecule has 1 amide bonds.